The van der Waals surface area contributed by atoms with Gasteiger partial charge in [0.25, 0.3) is 5.91 Å². The van der Waals surface area contributed by atoms with Crippen LogP contribution in [0.5, 0.6) is 5.75 Å². The highest BCUT2D eigenvalue weighted by Crippen LogP contribution is 2.26. The fourth-order valence-corrected chi connectivity index (χ4v) is 1.55. The van der Waals surface area contributed by atoms with Crippen molar-refractivity contribution >= 4 is 21.8 Å². The molecule has 0 aliphatic carbocycles. The molecule has 0 N–H and O–H groups in total. The fraction of sp³-hybridized carbons (Fsp3) is 0.300. The number of carbonyl (C=O) groups excluding carboxylic acids is 1. The van der Waals surface area contributed by atoms with E-state index < -0.39 is 11.7 Å². The largest absolute Gasteiger partial charge is 0.494 e. The van der Waals surface area contributed by atoms with Crippen LogP contribution in [0.1, 0.15) is 10.4 Å². The Hall–Kier alpha value is -1.10. The standard InChI is InChI=1S/C10H11BrFNO2/c1-13(2)10(14)7-4-6(11)5-8(15-3)9(7)12/h4-5H,1-3H3. The summed E-state index contributed by atoms with van der Waals surface area (Å²) in [5, 5.41) is 0. The smallest absolute Gasteiger partial charge is 0.256 e. The minimum atomic E-state index is -0.639. The van der Waals surface area contributed by atoms with Gasteiger partial charge in [0, 0.05) is 18.6 Å². The number of benzene rings is 1. The minimum absolute atomic E-state index is 0.00812. The third-order valence-corrected chi connectivity index (χ3v) is 2.32. The quantitative estimate of drug-likeness (QED) is 0.829. The van der Waals surface area contributed by atoms with Gasteiger partial charge in [-0.25, -0.2) is 4.39 Å². The zero-order valence-corrected chi connectivity index (χ0v) is 10.3. The minimum Gasteiger partial charge on any atom is -0.494 e. The van der Waals surface area contributed by atoms with Crippen LogP contribution in [0.15, 0.2) is 16.6 Å². The van der Waals surface area contributed by atoms with Gasteiger partial charge in [0.1, 0.15) is 0 Å². The Morgan fingerprint density at radius 1 is 1.47 bits per heavy atom. The molecule has 1 amide bonds. The molecular weight excluding hydrogens is 265 g/mol. The molecule has 1 aromatic carbocycles. The first-order chi connectivity index (χ1) is 6.97. The molecule has 15 heavy (non-hydrogen) atoms. The van der Waals surface area contributed by atoms with E-state index in [1.807, 2.05) is 0 Å². The SMILES string of the molecule is COc1cc(Br)cc(C(=O)N(C)C)c1F. The van der Waals surface area contributed by atoms with Crippen LogP contribution in [-0.2, 0) is 0 Å². The summed E-state index contributed by atoms with van der Waals surface area (Å²) in [7, 11) is 4.49. The maximum absolute atomic E-state index is 13.7. The molecule has 82 valence electrons. The average Bonchev–Trinajstić information content (AvgIpc) is 2.19. The van der Waals surface area contributed by atoms with Crippen molar-refractivity contribution in [2.45, 2.75) is 0 Å². The van der Waals surface area contributed by atoms with Crippen molar-refractivity contribution in [1.82, 2.24) is 4.90 Å². The Labute approximate surface area is 96.0 Å². The summed E-state index contributed by atoms with van der Waals surface area (Å²) in [4.78, 5) is 12.9. The van der Waals surface area contributed by atoms with E-state index in [0.717, 1.165) is 0 Å². The molecule has 0 atom stereocenters. The van der Waals surface area contributed by atoms with Crippen molar-refractivity contribution < 1.29 is 13.9 Å². The van der Waals surface area contributed by atoms with Crippen LogP contribution >= 0.6 is 15.9 Å². The van der Waals surface area contributed by atoms with Crippen molar-refractivity contribution in [3.8, 4) is 5.75 Å². The molecule has 0 spiro atoms. The van der Waals surface area contributed by atoms with Gasteiger partial charge in [-0.1, -0.05) is 15.9 Å². The number of amides is 1. The molecule has 0 radical (unpaired) electrons. The highest BCUT2D eigenvalue weighted by Gasteiger charge is 2.18. The summed E-state index contributed by atoms with van der Waals surface area (Å²) in [5.41, 5.74) is -0.00812. The van der Waals surface area contributed by atoms with Gasteiger partial charge < -0.3 is 9.64 Å². The van der Waals surface area contributed by atoms with Crippen molar-refractivity contribution in [1.29, 1.82) is 0 Å². The first kappa shape index (κ1) is 12.0. The van der Waals surface area contributed by atoms with Crippen molar-refractivity contribution in [3.63, 3.8) is 0 Å². The van der Waals surface area contributed by atoms with E-state index in [1.54, 1.807) is 14.1 Å². The Balaban J connectivity index is 3.29. The van der Waals surface area contributed by atoms with Gasteiger partial charge >= 0.3 is 0 Å². The number of hydrogen-bond acceptors (Lipinski definition) is 2. The number of hydrogen-bond donors (Lipinski definition) is 0. The molecule has 0 aliphatic rings. The zero-order chi connectivity index (χ0) is 11.6. The van der Waals surface area contributed by atoms with Gasteiger partial charge in [-0.05, 0) is 12.1 Å². The van der Waals surface area contributed by atoms with Crippen molar-refractivity contribution in [2.24, 2.45) is 0 Å². The molecule has 0 unspecified atom stereocenters. The average molecular weight is 276 g/mol. The Bertz CT molecular complexity index is 393. The highest BCUT2D eigenvalue weighted by atomic mass is 79.9. The molecule has 0 heterocycles. The molecule has 0 aliphatic heterocycles. The van der Waals surface area contributed by atoms with Crippen LogP contribution in [0, 0.1) is 5.82 Å². The molecule has 5 heteroatoms. The molecule has 0 saturated carbocycles. The Morgan fingerprint density at radius 3 is 2.53 bits per heavy atom. The second kappa shape index (κ2) is 4.61. The molecule has 3 nitrogen and oxygen atoms in total. The Kier molecular flexibility index (Phi) is 3.68. The number of halogens is 2. The highest BCUT2D eigenvalue weighted by molar-refractivity contribution is 9.10. The van der Waals surface area contributed by atoms with Gasteiger partial charge in [-0.3, -0.25) is 4.79 Å². The molecule has 1 rings (SSSR count). The van der Waals surface area contributed by atoms with Gasteiger partial charge in [-0.15, -0.1) is 0 Å². The maximum atomic E-state index is 13.7. The Morgan fingerprint density at radius 2 is 2.07 bits per heavy atom. The van der Waals surface area contributed by atoms with Crippen LogP contribution in [0.4, 0.5) is 4.39 Å². The molecular formula is C10H11BrFNO2. The monoisotopic (exact) mass is 275 g/mol. The predicted octanol–water partition coefficient (Wildman–Crippen LogP) is 2.30. The van der Waals surface area contributed by atoms with Crippen LogP contribution in [0.3, 0.4) is 0 Å². The van der Waals surface area contributed by atoms with E-state index in [2.05, 4.69) is 15.9 Å². The van der Waals surface area contributed by atoms with Crippen LogP contribution < -0.4 is 4.74 Å². The van der Waals surface area contributed by atoms with Gasteiger partial charge in [-0.2, -0.15) is 0 Å². The summed E-state index contributed by atoms with van der Waals surface area (Å²) in [5.74, 6) is -0.985. The molecule has 1 aromatic rings. The first-order valence-electron chi connectivity index (χ1n) is 4.22. The maximum Gasteiger partial charge on any atom is 0.256 e. The lowest BCUT2D eigenvalue weighted by molar-refractivity contribution is 0.0822. The summed E-state index contributed by atoms with van der Waals surface area (Å²) in [6.45, 7) is 0. The van der Waals surface area contributed by atoms with Crippen molar-refractivity contribution in [2.75, 3.05) is 21.2 Å². The fourth-order valence-electron chi connectivity index (χ4n) is 1.11. The molecule has 0 bridgehead atoms. The van der Waals surface area contributed by atoms with Crippen molar-refractivity contribution in [3.05, 3.63) is 28.0 Å². The number of nitrogens with zero attached hydrogens (tertiary/aromatic N) is 1. The van der Waals surface area contributed by atoms with E-state index in [9.17, 15) is 9.18 Å². The van der Waals surface area contributed by atoms with Crippen LogP contribution in [-0.4, -0.2) is 32.0 Å². The molecule has 0 fully saturated rings. The third-order valence-electron chi connectivity index (χ3n) is 1.86. The summed E-state index contributed by atoms with van der Waals surface area (Å²) in [6, 6.07) is 2.90. The number of carbonyl (C=O) groups is 1. The predicted molar refractivity (Wildman–Crippen MR) is 58.7 cm³/mol. The zero-order valence-electron chi connectivity index (χ0n) is 8.67. The summed E-state index contributed by atoms with van der Waals surface area (Å²) < 4.78 is 19.1. The first-order valence-corrected chi connectivity index (χ1v) is 5.01. The van der Waals surface area contributed by atoms with Gasteiger partial charge in [0.2, 0.25) is 0 Å². The molecule has 0 aromatic heterocycles. The lowest BCUT2D eigenvalue weighted by Gasteiger charge is -2.12. The normalized spacial score (nSPS) is 9.93. The molecule has 0 saturated heterocycles. The number of ether oxygens (including phenoxy) is 1. The van der Waals surface area contributed by atoms with E-state index >= 15 is 0 Å². The summed E-state index contributed by atoms with van der Waals surface area (Å²) >= 11 is 3.19. The number of rotatable bonds is 2. The lowest BCUT2D eigenvalue weighted by Crippen LogP contribution is -2.23. The third kappa shape index (κ3) is 2.47. The summed E-state index contributed by atoms with van der Waals surface area (Å²) in [6.07, 6.45) is 0. The van der Waals surface area contributed by atoms with Crippen LogP contribution in [0.25, 0.3) is 0 Å². The lowest BCUT2D eigenvalue weighted by atomic mass is 10.2. The van der Waals surface area contributed by atoms with Crippen LogP contribution in [0.2, 0.25) is 0 Å². The van der Waals surface area contributed by atoms with E-state index in [-0.39, 0.29) is 11.3 Å². The van der Waals surface area contributed by atoms with Gasteiger partial charge in [0.05, 0.1) is 12.7 Å². The van der Waals surface area contributed by atoms with E-state index in [4.69, 9.17) is 4.74 Å². The number of methoxy groups -OCH3 is 1. The topological polar surface area (TPSA) is 29.5 Å². The van der Waals surface area contributed by atoms with E-state index in [1.165, 1.54) is 24.1 Å². The van der Waals surface area contributed by atoms with E-state index in [0.29, 0.717) is 4.47 Å². The second-order valence-electron chi connectivity index (χ2n) is 3.17. The van der Waals surface area contributed by atoms with Gasteiger partial charge in [0.15, 0.2) is 11.6 Å². The second-order valence-corrected chi connectivity index (χ2v) is 4.08.